The molecule has 1 aromatic rings. The van der Waals surface area contributed by atoms with Gasteiger partial charge in [0.2, 0.25) is 0 Å². The Hall–Kier alpha value is -2.48. The Labute approximate surface area is 135 Å². The van der Waals surface area contributed by atoms with Crippen molar-refractivity contribution in [3.63, 3.8) is 0 Å². The third kappa shape index (κ3) is 3.48. The van der Waals surface area contributed by atoms with Crippen molar-refractivity contribution in [3.8, 4) is 0 Å². The zero-order valence-electron chi connectivity index (χ0n) is 12.0. The van der Waals surface area contributed by atoms with E-state index in [0.717, 1.165) is 25.1 Å². The first-order valence-corrected chi connectivity index (χ1v) is 7.09. The number of allylic oxidation sites excluding steroid dienone is 1. The topological polar surface area (TPSA) is 131 Å². The zero-order valence-corrected chi connectivity index (χ0v) is 12.8. The van der Waals surface area contributed by atoms with Gasteiger partial charge in [0.25, 0.3) is 0 Å². The van der Waals surface area contributed by atoms with Crippen molar-refractivity contribution in [3.05, 3.63) is 44.2 Å². The summed E-state index contributed by atoms with van der Waals surface area (Å²) in [5.74, 6) is -3.61. The maximum Gasteiger partial charge on any atom is 0.342 e. The maximum absolute atomic E-state index is 11.1. The summed E-state index contributed by atoms with van der Waals surface area (Å²) in [7, 11) is 0. The smallest absolute Gasteiger partial charge is 0.342 e. The standard InChI is InChI=1S/C14H13ClN2O6/c1-6-11(15)10(17(22)23)5-16-12(6)8(7-2-3-7)4-9(13(18)19)14(20)21/h4-5,7-8H,2-3H2,1H3,(H,18,19)(H,20,21). The highest BCUT2D eigenvalue weighted by molar-refractivity contribution is 6.33. The number of carboxylic acid groups (broad SMARTS) is 2. The lowest BCUT2D eigenvalue weighted by molar-refractivity contribution is -0.385. The van der Waals surface area contributed by atoms with Gasteiger partial charge < -0.3 is 10.2 Å². The number of rotatable bonds is 6. The van der Waals surface area contributed by atoms with Crippen LogP contribution < -0.4 is 0 Å². The van der Waals surface area contributed by atoms with Crippen molar-refractivity contribution in [1.29, 1.82) is 0 Å². The Kier molecular flexibility index (Phi) is 4.65. The second-order valence-corrected chi connectivity index (χ2v) is 5.66. The zero-order chi connectivity index (χ0) is 17.3. The van der Waals surface area contributed by atoms with Crippen LogP contribution in [-0.2, 0) is 9.59 Å². The molecule has 1 aromatic heterocycles. The quantitative estimate of drug-likeness (QED) is 0.267. The second-order valence-electron chi connectivity index (χ2n) is 5.28. The van der Waals surface area contributed by atoms with Gasteiger partial charge in [0.1, 0.15) is 16.8 Å². The first kappa shape index (κ1) is 16.9. The van der Waals surface area contributed by atoms with Crippen molar-refractivity contribution >= 4 is 29.2 Å². The van der Waals surface area contributed by atoms with Crippen LogP contribution in [0.5, 0.6) is 0 Å². The number of carbonyl (C=O) groups is 2. The average Bonchev–Trinajstić information content (AvgIpc) is 3.27. The number of aliphatic carboxylic acids is 2. The average molecular weight is 341 g/mol. The number of carboxylic acids is 2. The van der Waals surface area contributed by atoms with Crippen molar-refractivity contribution in [1.82, 2.24) is 4.98 Å². The van der Waals surface area contributed by atoms with Crippen LogP contribution in [0.15, 0.2) is 17.8 Å². The fraction of sp³-hybridized carbons (Fsp3) is 0.357. The molecule has 1 atom stereocenters. The molecule has 0 aliphatic heterocycles. The molecule has 8 nitrogen and oxygen atoms in total. The summed E-state index contributed by atoms with van der Waals surface area (Å²) in [4.78, 5) is 36.4. The molecule has 23 heavy (non-hydrogen) atoms. The molecule has 122 valence electrons. The third-order valence-electron chi connectivity index (χ3n) is 3.71. The van der Waals surface area contributed by atoms with Gasteiger partial charge in [-0.2, -0.15) is 0 Å². The number of aromatic nitrogens is 1. The minimum atomic E-state index is -1.55. The maximum atomic E-state index is 11.1. The fourth-order valence-electron chi connectivity index (χ4n) is 2.36. The van der Waals surface area contributed by atoms with E-state index in [9.17, 15) is 19.7 Å². The minimum Gasteiger partial charge on any atom is -0.477 e. The first-order valence-electron chi connectivity index (χ1n) is 6.71. The molecule has 1 aliphatic rings. The fourth-order valence-corrected chi connectivity index (χ4v) is 2.57. The van der Waals surface area contributed by atoms with Gasteiger partial charge in [-0.25, -0.2) is 9.59 Å². The minimum absolute atomic E-state index is 0.0485. The van der Waals surface area contributed by atoms with Gasteiger partial charge in [-0.3, -0.25) is 15.1 Å². The van der Waals surface area contributed by atoms with Gasteiger partial charge in [0, 0.05) is 5.92 Å². The summed E-state index contributed by atoms with van der Waals surface area (Å²) in [5, 5.41) is 28.8. The summed E-state index contributed by atoms with van der Waals surface area (Å²) in [6.07, 6.45) is 3.74. The summed E-state index contributed by atoms with van der Waals surface area (Å²) >= 11 is 5.99. The van der Waals surface area contributed by atoms with Gasteiger partial charge in [0.05, 0.1) is 10.6 Å². The number of hydrogen-bond acceptors (Lipinski definition) is 5. The second kappa shape index (κ2) is 6.33. The molecule has 1 unspecified atom stereocenters. The van der Waals surface area contributed by atoms with Crippen molar-refractivity contribution < 1.29 is 24.7 Å². The van der Waals surface area contributed by atoms with E-state index >= 15 is 0 Å². The highest BCUT2D eigenvalue weighted by Gasteiger charge is 2.35. The predicted molar refractivity (Wildman–Crippen MR) is 79.5 cm³/mol. The molecule has 1 aliphatic carbocycles. The first-order chi connectivity index (χ1) is 10.7. The molecule has 0 bridgehead atoms. The highest BCUT2D eigenvalue weighted by Crippen LogP contribution is 2.45. The number of hydrogen-bond donors (Lipinski definition) is 2. The number of nitrogens with zero attached hydrogens (tertiary/aromatic N) is 2. The Balaban J connectivity index is 2.53. The molecule has 0 spiro atoms. The molecular weight excluding hydrogens is 328 g/mol. The van der Waals surface area contributed by atoms with Gasteiger partial charge in [-0.15, -0.1) is 0 Å². The van der Waals surface area contributed by atoms with Crippen LogP contribution in [0.3, 0.4) is 0 Å². The van der Waals surface area contributed by atoms with Crippen LogP contribution >= 0.6 is 11.6 Å². The number of pyridine rings is 1. The van der Waals surface area contributed by atoms with E-state index in [1.54, 1.807) is 6.92 Å². The monoisotopic (exact) mass is 340 g/mol. The van der Waals surface area contributed by atoms with E-state index in [1.165, 1.54) is 0 Å². The van der Waals surface area contributed by atoms with Crippen LogP contribution in [0, 0.1) is 23.0 Å². The number of nitro groups is 1. The summed E-state index contributed by atoms with van der Waals surface area (Å²) < 4.78 is 0. The van der Waals surface area contributed by atoms with Crippen LogP contribution in [0.1, 0.15) is 30.0 Å². The van der Waals surface area contributed by atoms with E-state index in [2.05, 4.69) is 4.98 Å². The van der Waals surface area contributed by atoms with Crippen LogP contribution in [0.2, 0.25) is 5.02 Å². The summed E-state index contributed by atoms with van der Waals surface area (Å²) in [5.41, 5.74) is -0.382. The van der Waals surface area contributed by atoms with Crippen molar-refractivity contribution in [2.24, 2.45) is 5.92 Å². The molecule has 9 heteroatoms. The highest BCUT2D eigenvalue weighted by atomic mass is 35.5. The van der Waals surface area contributed by atoms with E-state index < -0.39 is 28.4 Å². The summed E-state index contributed by atoms with van der Waals surface area (Å²) in [6.45, 7) is 1.54. The molecule has 2 rings (SSSR count). The Morgan fingerprint density at radius 2 is 2.00 bits per heavy atom. The Morgan fingerprint density at radius 1 is 1.43 bits per heavy atom. The molecule has 0 amide bonds. The lowest BCUT2D eigenvalue weighted by Gasteiger charge is -2.15. The molecule has 2 N–H and O–H groups in total. The lowest BCUT2D eigenvalue weighted by Crippen LogP contribution is -2.15. The molecular formula is C14H13ClN2O6. The van der Waals surface area contributed by atoms with Gasteiger partial charge in [0.15, 0.2) is 0 Å². The molecule has 0 aromatic carbocycles. The van der Waals surface area contributed by atoms with Crippen molar-refractivity contribution in [2.45, 2.75) is 25.7 Å². The number of halogens is 1. The van der Waals surface area contributed by atoms with Gasteiger partial charge in [-0.1, -0.05) is 17.7 Å². The normalized spacial score (nSPS) is 14.9. The van der Waals surface area contributed by atoms with E-state index in [0.29, 0.717) is 11.3 Å². The van der Waals surface area contributed by atoms with Crippen molar-refractivity contribution in [2.75, 3.05) is 0 Å². The van der Waals surface area contributed by atoms with Gasteiger partial charge in [-0.05, 0) is 31.2 Å². The van der Waals surface area contributed by atoms with Crippen LogP contribution in [-0.4, -0.2) is 32.1 Å². The Bertz CT molecular complexity index is 710. The van der Waals surface area contributed by atoms with Crippen LogP contribution in [0.4, 0.5) is 5.69 Å². The van der Waals surface area contributed by atoms with Gasteiger partial charge >= 0.3 is 17.6 Å². The lowest BCUT2D eigenvalue weighted by atomic mass is 9.93. The Morgan fingerprint density at radius 3 is 2.43 bits per heavy atom. The van der Waals surface area contributed by atoms with E-state index in [-0.39, 0.29) is 16.6 Å². The largest absolute Gasteiger partial charge is 0.477 e. The molecule has 1 saturated carbocycles. The molecule has 0 saturated heterocycles. The summed E-state index contributed by atoms with van der Waals surface area (Å²) in [6, 6.07) is 0. The molecule has 0 radical (unpaired) electrons. The van der Waals surface area contributed by atoms with E-state index in [4.69, 9.17) is 21.8 Å². The molecule has 1 fully saturated rings. The predicted octanol–water partition coefficient (Wildman–Crippen LogP) is 2.54. The third-order valence-corrected chi connectivity index (χ3v) is 4.19. The van der Waals surface area contributed by atoms with E-state index in [1.807, 2.05) is 0 Å². The van der Waals surface area contributed by atoms with Crippen LogP contribution in [0.25, 0.3) is 0 Å². The SMILES string of the molecule is Cc1c(C(C=C(C(=O)O)C(=O)O)C2CC2)ncc([N+](=O)[O-])c1Cl. The molecule has 1 heterocycles.